The second-order valence-electron chi connectivity index (χ2n) is 2.85. The molecular formula is C12H13Cl3O3. The maximum absolute atomic E-state index is 10.5. The summed E-state index contributed by atoms with van der Waals surface area (Å²) in [6.45, 7) is 0. The Labute approximate surface area is 121 Å². The fourth-order valence-corrected chi connectivity index (χ4v) is 1.18. The monoisotopic (exact) mass is 310 g/mol. The lowest BCUT2D eigenvalue weighted by atomic mass is 10.2. The van der Waals surface area contributed by atoms with Gasteiger partial charge in [-0.15, -0.1) is 23.2 Å². The van der Waals surface area contributed by atoms with E-state index in [0.717, 1.165) is 5.56 Å². The van der Waals surface area contributed by atoms with Gasteiger partial charge in [-0.3, -0.25) is 4.79 Å². The Morgan fingerprint density at radius 1 is 1.22 bits per heavy atom. The van der Waals surface area contributed by atoms with E-state index in [2.05, 4.69) is 0 Å². The molecule has 3 nitrogen and oxygen atoms in total. The number of methoxy groups -OCH3 is 2. The molecule has 0 heterocycles. The predicted octanol–water partition coefficient (Wildman–Crippen LogP) is 3.90. The molecule has 1 aromatic rings. The van der Waals surface area contributed by atoms with Crippen LogP contribution in [0.1, 0.15) is 5.56 Å². The fraction of sp³-hybridized carbons (Fsp3) is 0.250. The van der Waals surface area contributed by atoms with Crippen LogP contribution in [-0.4, -0.2) is 24.8 Å². The van der Waals surface area contributed by atoms with Gasteiger partial charge in [-0.2, -0.15) is 0 Å². The molecule has 0 saturated heterocycles. The van der Waals surface area contributed by atoms with Crippen LogP contribution in [0.5, 0.6) is 11.5 Å². The van der Waals surface area contributed by atoms with Gasteiger partial charge in [0.05, 0.1) is 19.6 Å². The van der Waals surface area contributed by atoms with Crippen molar-refractivity contribution < 1.29 is 14.3 Å². The Bertz CT molecular complexity index is 406. The minimum Gasteiger partial charge on any atom is -0.493 e. The van der Waals surface area contributed by atoms with E-state index in [0.29, 0.717) is 11.5 Å². The number of benzene rings is 1. The molecule has 100 valence electrons. The quantitative estimate of drug-likeness (QED) is 0.480. The predicted molar refractivity (Wildman–Crippen MR) is 76.0 cm³/mol. The van der Waals surface area contributed by atoms with Crippen molar-refractivity contribution in [3.8, 4) is 11.5 Å². The SMILES string of the molecule is COc1ccc(/C=C/C(=O)Cl)cc1OC.ClCCl. The highest BCUT2D eigenvalue weighted by Crippen LogP contribution is 2.27. The van der Waals surface area contributed by atoms with Gasteiger partial charge in [0.1, 0.15) is 0 Å². The van der Waals surface area contributed by atoms with E-state index in [1.54, 1.807) is 38.5 Å². The number of hydrogen-bond acceptors (Lipinski definition) is 3. The lowest BCUT2D eigenvalue weighted by molar-refractivity contribution is -0.107. The molecule has 0 fully saturated rings. The van der Waals surface area contributed by atoms with Gasteiger partial charge < -0.3 is 9.47 Å². The minimum atomic E-state index is -0.509. The average molecular weight is 312 g/mol. The topological polar surface area (TPSA) is 35.5 Å². The number of halogens is 3. The Kier molecular flexibility index (Phi) is 9.56. The highest BCUT2D eigenvalue weighted by molar-refractivity contribution is 6.66. The summed E-state index contributed by atoms with van der Waals surface area (Å²) < 4.78 is 10.2. The van der Waals surface area contributed by atoms with Crippen molar-refractivity contribution >= 4 is 46.1 Å². The van der Waals surface area contributed by atoms with E-state index in [1.165, 1.54) is 6.08 Å². The molecule has 6 heteroatoms. The molecule has 0 radical (unpaired) electrons. The van der Waals surface area contributed by atoms with E-state index >= 15 is 0 Å². The van der Waals surface area contributed by atoms with Crippen molar-refractivity contribution in [3.63, 3.8) is 0 Å². The summed E-state index contributed by atoms with van der Waals surface area (Å²) in [5.41, 5.74) is 0.821. The maximum atomic E-state index is 10.5. The molecule has 0 saturated carbocycles. The molecular weight excluding hydrogens is 298 g/mol. The Balaban J connectivity index is 0.000000873. The zero-order chi connectivity index (χ0) is 14.0. The van der Waals surface area contributed by atoms with Crippen LogP contribution >= 0.6 is 34.8 Å². The van der Waals surface area contributed by atoms with Gasteiger partial charge in [0.2, 0.25) is 5.24 Å². The molecule has 0 amide bonds. The Morgan fingerprint density at radius 3 is 2.22 bits per heavy atom. The molecule has 0 aliphatic carbocycles. The van der Waals surface area contributed by atoms with Crippen LogP contribution in [-0.2, 0) is 4.79 Å². The van der Waals surface area contributed by atoms with Gasteiger partial charge in [0.25, 0.3) is 0 Å². The van der Waals surface area contributed by atoms with Crippen LogP contribution in [0.4, 0.5) is 0 Å². The number of ether oxygens (including phenoxy) is 2. The summed E-state index contributed by atoms with van der Waals surface area (Å²) in [7, 11) is 3.12. The van der Waals surface area contributed by atoms with E-state index in [-0.39, 0.29) is 5.34 Å². The minimum absolute atomic E-state index is 0.194. The van der Waals surface area contributed by atoms with E-state index in [1.807, 2.05) is 0 Å². The smallest absolute Gasteiger partial charge is 0.245 e. The van der Waals surface area contributed by atoms with E-state index < -0.39 is 5.24 Å². The van der Waals surface area contributed by atoms with Gasteiger partial charge in [0, 0.05) is 0 Å². The lowest BCUT2D eigenvalue weighted by Crippen LogP contribution is -1.90. The molecule has 0 atom stereocenters. The first kappa shape index (κ1) is 17.1. The van der Waals surface area contributed by atoms with Crippen LogP contribution in [0, 0.1) is 0 Å². The maximum Gasteiger partial charge on any atom is 0.245 e. The van der Waals surface area contributed by atoms with E-state index in [9.17, 15) is 4.79 Å². The third kappa shape index (κ3) is 6.74. The lowest BCUT2D eigenvalue weighted by Gasteiger charge is -2.07. The molecule has 1 rings (SSSR count). The van der Waals surface area contributed by atoms with Crippen molar-refractivity contribution in [1.82, 2.24) is 0 Å². The van der Waals surface area contributed by atoms with Crippen molar-refractivity contribution in [2.45, 2.75) is 0 Å². The summed E-state index contributed by atoms with van der Waals surface area (Å²) in [5.74, 6) is 1.26. The number of carbonyl (C=O) groups is 1. The Morgan fingerprint density at radius 2 is 1.78 bits per heavy atom. The van der Waals surface area contributed by atoms with Gasteiger partial charge in [-0.25, -0.2) is 0 Å². The second kappa shape index (κ2) is 10.1. The second-order valence-corrected chi connectivity index (χ2v) is 4.03. The molecule has 0 spiro atoms. The normalized spacial score (nSPS) is 9.61. The summed E-state index contributed by atoms with van der Waals surface area (Å²) in [4.78, 5) is 10.5. The van der Waals surface area contributed by atoms with E-state index in [4.69, 9.17) is 44.3 Å². The van der Waals surface area contributed by atoms with Crippen molar-refractivity contribution in [3.05, 3.63) is 29.8 Å². The third-order valence-corrected chi connectivity index (χ3v) is 1.94. The fourth-order valence-electron chi connectivity index (χ4n) is 1.12. The number of rotatable bonds is 4. The van der Waals surface area contributed by atoms with Crippen LogP contribution in [0.15, 0.2) is 24.3 Å². The van der Waals surface area contributed by atoms with Crippen molar-refractivity contribution in [2.24, 2.45) is 0 Å². The zero-order valence-electron chi connectivity index (χ0n) is 9.95. The molecule has 0 aliphatic heterocycles. The number of carbonyl (C=O) groups excluding carboxylic acids is 1. The number of alkyl halides is 2. The molecule has 0 bridgehead atoms. The first-order chi connectivity index (χ1) is 8.58. The van der Waals surface area contributed by atoms with Crippen LogP contribution < -0.4 is 9.47 Å². The standard InChI is InChI=1S/C11H11ClO3.CH2Cl2/c1-14-9-5-3-8(4-6-11(12)13)7-10(9)15-2;2-1-3/h3-7H,1-2H3;1H2/b6-4+;. The zero-order valence-corrected chi connectivity index (χ0v) is 12.2. The highest BCUT2D eigenvalue weighted by atomic mass is 35.5. The van der Waals surface area contributed by atoms with Gasteiger partial charge in [0.15, 0.2) is 11.5 Å². The van der Waals surface area contributed by atoms with Crippen molar-refractivity contribution in [2.75, 3.05) is 19.6 Å². The molecule has 18 heavy (non-hydrogen) atoms. The summed E-state index contributed by atoms with van der Waals surface area (Å²) in [5, 5.41) is -0.315. The molecule has 0 N–H and O–H groups in total. The van der Waals surface area contributed by atoms with Crippen LogP contribution in [0.2, 0.25) is 0 Å². The molecule has 0 unspecified atom stereocenters. The Hall–Kier alpha value is -0.900. The summed E-state index contributed by atoms with van der Waals surface area (Å²) in [6.07, 6.45) is 2.89. The van der Waals surface area contributed by atoms with Crippen LogP contribution in [0.25, 0.3) is 6.08 Å². The molecule has 0 aliphatic rings. The number of hydrogen-bond donors (Lipinski definition) is 0. The summed E-state index contributed by atoms with van der Waals surface area (Å²) in [6, 6.07) is 5.32. The first-order valence-electron chi connectivity index (χ1n) is 4.80. The van der Waals surface area contributed by atoms with Crippen molar-refractivity contribution in [1.29, 1.82) is 0 Å². The molecule has 1 aromatic carbocycles. The summed E-state index contributed by atoms with van der Waals surface area (Å²) >= 11 is 14.7. The van der Waals surface area contributed by atoms with Gasteiger partial charge in [-0.05, 0) is 35.4 Å². The largest absolute Gasteiger partial charge is 0.493 e. The number of allylic oxidation sites excluding steroid dienone is 1. The average Bonchev–Trinajstić information content (AvgIpc) is 2.36. The van der Waals surface area contributed by atoms with Crippen LogP contribution in [0.3, 0.4) is 0 Å². The molecule has 0 aromatic heterocycles. The van der Waals surface area contributed by atoms with Gasteiger partial charge in [-0.1, -0.05) is 12.1 Å². The highest BCUT2D eigenvalue weighted by Gasteiger charge is 2.02. The van der Waals surface area contributed by atoms with Gasteiger partial charge >= 0.3 is 0 Å². The third-order valence-electron chi connectivity index (χ3n) is 1.81. The first-order valence-corrected chi connectivity index (χ1v) is 6.25.